The predicted molar refractivity (Wildman–Crippen MR) is 103 cm³/mol. The van der Waals surface area contributed by atoms with E-state index in [9.17, 15) is 4.79 Å². The number of carbonyl (C=O) groups is 1. The van der Waals surface area contributed by atoms with E-state index in [0.29, 0.717) is 13.0 Å². The molecule has 4 rings (SSSR count). The highest BCUT2D eigenvalue weighted by Gasteiger charge is 2.06. The largest absolute Gasteiger partial charge is 0.350 e. The van der Waals surface area contributed by atoms with Crippen LogP contribution in [-0.2, 0) is 17.8 Å². The van der Waals surface area contributed by atoms with Crippen molar-refractivity contribution >= 4 is 11.4 Å². The molecule has 0 fully saturated rings. The van der Waals surface area contributed by atoms with Crippen LogP contribution in [0.25, 0.3) is 16.6 Å². The Hall–Kier alpha value is -3.40. The van der Waals surface area contributed by atoms with Gasteiger partial charge in [-0.25, -0.2) is 4.52 Å². The first-order chi connectivity index (χ1) is 12.8. The van der Waals surface area contributed by atoms with Crippen molar-refractivity contribution in [1.29, 1.82) is 0 Å². The van der Waals surface area contributed by atoms with Crippen LogP contribution in [0.2, 0.25) is 0 Å². The Morgan fingerprint density at radius 3 is 2.38 bits per heavy atom. The normalized spacial score (nSPS) is 10.8. The van der Waals surface area contributed by atoms with Crippen LogP contribution in [0.5, 0.6) is 0 Å². The number of nitrogens with zero attached hydrogens (tertiary/aromatic N) is 2. The summed E-state index contributed by atoms with van der Waals surface area (Å²) in [6, 6.07) is 26.2. The maximum Gasteiger partial charge on any atom is 0.224 e. The average Bonchev–Trinajstić information content (AvgIpc) is 3.11. The molecule has 0 unspecified atom stereocenters. The Labute approximate surface area is 152 Å². The lowest BCUT2D eigenvalue weighted by Crippen LogP contribution is -2.24. The topological polar surface area (TPSA) is 46.4 Å². The van der Waals surface area contributed by atoms with Gasteiger partial charge in [0.25, 0.3) is 0 Å². The number of hydrogen-bond donors (Lipinski definition) is 1. The van der Waals surface area contributed by atoms with Gasteiger partial charge in [0, 0.05) is 6.20 Å². The summed E-state index contributed by atoms with van der Waals surface area (Å²) >= 11 is 0. The third-order valence-electron chi connectivity index (χ3n) is 4.31. The van der Waals surface area contributed by atoms with Gasteiger partial charge in [-0.3, -0.25) is 4.79 Å². The lowest BCUT2D eigenvalue weighted by Gasteiger charge is -2.05. The summed E-state index contributed by atoms with van der Waals surface area (Å²) in [4.78, 5) is 12.2. The standard InChI is InChI=1S/C22H19N3O/c26-22(23-16-20-15-21-8-4-5-13-25(21)24-20)14-17-9-11-19(12-10-17)18-6-2-1-3-7-18/h1-13,15H,14,16H2,(H,23,26). The molecule has 4 heteroatoms. The van der Waals surface area contributed by atoms with Gasteiger partial charge in [0.1, 0.15) is 0 Å². The van der Waals surface area contributed by atoms with Crippen molar-refractivity contribution in [3.8, 4) is 11.1 Å². The van der Waals surface area contributed by atoms with Gasteiger partial charge in [-0.1, -0.05) is 60.7 Å². The molecule has 0 bridgehead atoms. The van der Waals surface area contributed by atoms with Gasteiger partial charge in [0.15, 0.2) is 0 Å². The molecule has 1 amide bonds. The molecule has 2 aromatic carbocycles. The van der Waals surface area contributed by atoms with E-state index >= 15 is 0 Å². The molecule has 1 N–H and O–H groups in total. The molecule has 2 heterocycles. The van der Waals surface area contributed by atoms with Crippen LogP contribution >= 0.6 is 0 Å². The molecule has 0 aliphatic carbocycles. The van der Waals surface area contributed by atoms with E-state index in [-0.39, 0.29) is 5.91 Å². The van der Waals surface area contributed by atoms with E-state index < -0.39 is 0 Å². The summed E-state index contributed by atoms with van der Waals surface area (Å²) in [5.41, 5.74) is 5.20. The summed E-state index contributed by atoms with van der Waals surface area (Å²) in [7, 11) is 0. The highest BCUT2D eigenvalue weighted by atomic mass is 16.1. The van der Waals surface area contributed by atoms with Crippen molar-refractivity contribution in [2.75, 3.05) is 0 Å². The molecule has 0 aliphatic rings. The van der Waals surface area contributed by atoms with Crippen LogP contribution in [0.4, 0.5) is 0 Å². The molecule has 4 nitrogen and oxygen atoms in total. The van der Waals surface area contributed by atoms with Gasteiger partial charge in [0.05, 0.1) is 24.2 Å². The van der Waals surface area contributed by atoms with Gasteiger partial charge < -0.3 is 5.32 Å². The smallest absolute Gasteiger partial charge is 0.224 e. The number of rotatable bonds is 5. The molecule has 0 atom stereocenters. The van der Waals surface area contributed by atoms with Gasteiger partial charge >= 0.3 is 0 Å². The Morgan fingerprint density at radius 1 is 0.885 bits per heavy atom. The van der Waals surface area contributed by atoms with Crippen LogP contribution in [-0.4, -0.2) is 15.5 Å². The Morgan fingerprint density at radius 2 is 1.62 bits per heavy atom. The zero-order valence-corrected chi connectivity index (χ0v) is 14.3. The molecule has 2 aromatic heterocycles. The minimum absolute atomic E-state index is 0.00508. The van der Waals surface area contributed by atoms with Crippen LogP contribution in [0.1, 0.15) is 11.3 Å². The average molecular weight is 341 g/mol. The fourth-order valence-corrected chi connectivity index (χ4v) is 2.96. The van der Waals surface area contributed by atoms with Crippen molar-refractivity contribution < 1.29 is 4.79 Å². The van der Waals surface area contributed by atoms with Crippen molar-refractivity contribution in [2.24, 2.45) is 0 Å². The first-order valence-electron chi connectivity index (χ1n) is 8.62. The summed E-state index contributed by atoms with van der Waals surface area (Å²) in [5.74, 6) is -0.00508. The summed E-state index contributed by atoms with van der Waals surface area (Å²) in [5, 5.41) is 7.38. The summed E-state index contributed by atoms with van der Waals surface area (Å²) in [6.07, 6.45) is 2.26. The van der Waals surface area contributed by atoms with E-state index in [1.807, 2.05) is 65.3 Å². The SMILES string of the molecule is O=C(Cc1ccc(-c2ccccc2)cc1)NCc1cc2ccccn2n1. The Balaban J connectivity index is 1.35. The monoisotopic (exact) mass is 341 g/mol. The lowest BCUT2D eigenvalue weighted by molar-refractivity contribution is -0.120. The highest BCUT2D eigenvalue weighted by Crippen LogP contribution is 2.19. The van der Waals surface area contributed by atoms with E-state index in [0.717, 1.165) is 22.3 Å². The molecule has 0 saturated carbocycles. The molecule has 128 valence electrons. The first kappa shape index (κ1) is 16.1. The second-order valence-electron chi connectivity index (χ2n) is 6.22. The number of benzene rings is 2. The molecule has 0 radical (unpaired) electrons. The third kappa shape index (κ3) is 3.64. The molecular weight excluding hydrogens is 322 g/mol. The van der Waals surface area contributed by atoms with Gasteiger partial charge in [0.2, 0.25) is 5.91 Å². The third-order valence-corrected chi connectivity index (χ3v) is 4.31. The van der Waals surface area contributed by atoms with Crippen molar-refractivity contribution in [3.63, 3.8) is 0 Å². The summed E-state index contributed by atoms with van der Waals surface area (Å²) < 4.78 is 1.81. The van der Waals surface area contributed by atoms with Crippen LogP contribution < -0.4 is 5.32 Å². The quantitative estimate of drug-likeness (QED) is 0.599. The van der Waals surface area contributed by atoms with E-state index in [2.05, 4.69) is 34.7 Å². The second-order valence-corrected chi connectivity index (χ2v) is 6.22. The second kappa shape index (κ2) is 7.23. The lowest BCUT2D eigenvalue weighted by atomic mass is 10.0. The van der Waals surface area contributed by atoms with Crippen LogP contribution in [0, 0.1) is 0 Å². The van der Waals surface area contributed by atoms with Crippen molar-refractivity contribution in [3.05, 3.63) is 96.3 Å². The molecule has 4 aromatic rings. The first-order valence-corrected chi connectivity index (χ1v) is 8.62. The number of amides is 1. The number of hydrogen-bond acceptors (Lipinski definition) is 2. The van der Waals surface area contributed by atoms with E-state index in [1.165, 1.54) is 5.56 Å². The Kier molecular flexibility index (Phi) is 4.48. The number of carbonyl (C=O) groups excluding carboxylic acids is 1. The van der Waals surface area contributed by atoms with Gasteiger partial charge in [-0.15, -0.1) is 0 Å². The van der Waals surface area contributed by atoms with Crippen LogP contribution in [0.15, 0.2) is 85.1 Å². The highest BCUT2D eigenvalue weighted by molar-refractivity contribution is 5.78. The fourth-order valence-electron chi connectivity index (χ4n) is 2.96. The van der Waals surface area contributed by atoms with E-state index in [1.54, 1.807) is 0 Å². The fraction of sp³-hybridized carbons (Fsp3) is 0.0909. The van der Waals surface area contributed by atoms with Crippen molar-refractivity contribution in [1.82, 2.24) is 14.9 Å². The predicted octanol–water partition coefficient (Wildman–Crippen LogP) is 3.86. The minimum Gasteiger partial charge on any atom is -0.350 e. The number of fused-ring (bicyclic) bond motifs is 1. The molecule has 26 heavy (non-hydrogen) atoms. The number of nitrogens with one attached hydrogen (secondary N) is 1. The zero-order chi connectivity index (χ0) is 17.8. The number of pyridine rings is 1. The van der Waals surface area contributed by atoms with Gasteiger partial charge in [-0.05, 0) is 34.9 Å². The number of aromatic nitrogens is 2. The molecular formula is C22H19N3O. The van der Waals surface area contributed by atoms with Crippen LogP contribution in [0.3, 0.4) is 0 Å². The summed E-state index contributed by atoms with van der Waals surface area (Å²) in [6.45, 7) is 0.433. The van der Waals surface area contributed by atoms with E-state index in [4.69, 9.17) is 0 Å². The molecule has 0 spiro atoms. The molecule has 0 saturated heterocycles. The molecule has 0 aliphatic heterocycles. The Bertz CT molecular complexity index is 987. The maximum atomic E-state index is 12.2. The zero-order valence-electron chi connectivity index (χ0n) is 14.3. The van der Waals surface area contributed by atoms with Crippen molar-refractivity contribution in [2.45, 2.75) is 13.0 Å². The maximum absolute atomic E-state index is 12.2. The minimum atomic E-state index is -0.00508. The van der Waals surface area contributed by atoms with Gasteiger partial charge in [-0.2, -0.15) is 5.10 Å².